The van der Waals surface area contributed by atoms with Gasteiger partial charge in [0.05, 0.1) is 0 Å². The van der Waals surface area contributed by atoms with Crippen LogP contribution in [-0.4, -0.2) is 47.6 Å². The summed E-state index contributed by atoms with van der Waals surface area (Å²) in [6, 6.07) is 0. The fraction of sp³-hybridized carbons (Fsp3) is 1.00. The van der Waals surface area contributed by atoms with Gasteiger partial charge in [-0.15, -0.1) is 0 Å². The summed E-state index contributed by atoms with van der Waals surface area (Å²) in [5.74, 6) is 1.31. The van der Waals surface area contributed by atoms with Crippen molar-refractivity contribution in [3.05, 3.63) is 0 Å². The Bertz CT molecular complexity index is 259. The molecule has 0 bridgehead atoms. The van der Waals surface area contributed by atoms with Crippen molar-refractivity contribution in [2.45, 2.75) is 62.7 Å². The van der Waals surface area contributed by atoms with Crippen molar-refractivity contribution in [1.82, 2.24) is 10.2 Å². The minimum absolute atomic E-state index is 0.451. The highest BCUT2D eigenvalue weighted by Gasteiger charge is 2.32. The first kappa shape index (κ1) is 14.7. The third-order valence-corrected chi connectivity index (χ3v) is 6.05. The summed E-state index contributed by atoms with van der Waals surface area (Å²) in [7, 11) is 2.17. The molecule has 0 amide bonds. The number of nitrogens with zero attached hydrogens (tertiary/aromatic N) is 1. The lowest BCUT2D eigenvalue weighted by Crippen LogP contribution is -2.49. The monoisotopic (exact) mass is 270 g/mol. The highest BCUT2D eigenvalue weighted by Crippen LogP contribution is 2.33. The third-order valence-electron chi connectivity index (χ3n) is 4.75. The van der Waals surface area contributed by atoms with Crippen molar-refractivity contribution < 1.29 is 0 Å². The van der Waals surface area contributed by atoms with E-state index in [2.05, 4.69) is 42.9 Å². The van der Waals surface area contributed by atoms with Crippen LogP contribution in [-0.2, 0) is 0 Å². The molecule has 0 spiro atoms. The first-order valence-corrected chi connectivity index (χ1v) is 8.59. The van der Waals surface area contributed by atoms with Crippen molar-refractivity contribution in [1.29, 1.82) is 0 Å². The van der Waals surface area contributed by atoms with E-state index in [1.807, 2.05) is 0 Å². The van der Waals surface area contributed by atoms with Gasteiger partial charge in [-0.1, -0.05) is 19.3 Å². The predicted octanol–water partition coefficient (Wildman–Crippen LogP) is 3.13. The maximum absolute atomic E-state index is 3.65. The average molecular weight is 270 g/mol. The van der Waals surface area contributed by atoms with Crippen molar-refractivity contribution in [3.8, 4) is 0 Å². The molecule has 1 aliphatic carbocycles. The Kier molecular flexibility index (Phi) is 5.01. The van der Waals surface area contributed by atoms with Gasteiger partial charge in [-0.3, -0.25) is 0 Å². The van der Waals surface area contributed by atoms with E-state index >= 15 is 0 Å². The number of hydrogen-bond donors (Lipinski definition) is 1. The Morgan fingerprint density at radius 3 is 2.50 bits per heavy atom. The topological polar surface area (TPSA) is 15.3 Å². The molecule has 106 valence electrons. The van der Waals surface area contributed by atoms with Crippen molar-refractivity contribution in [2.75, 3.05) is 32.4 Å². The van der Waals surface area contributed by atoms with Gasteiger partial charge in [-0.2, -0.15) is 11.8 Å². The molecule has 1 N–H and O–H groups in total. The molecule has 2 rings (SSSR count). The van der Waals surface area contributed by atoms with Crippen LogP contribution < -0.4 is 5.32 Å². The number of rotatable bonds is 4. The molecule has 0 unspecified atom stereocenters. The van der Waals surface area contributed by atoms with Crippen LogP contribution in [0.5, 0.6) is 0 Å². The molecule has 0 aromatic carbocycles. The first-order valence-electron chi connectivity index (χ1n) is 7.61. The van der Waals surface area contributed by atoms with Crippen LogP contribution in [0.2, 0.25) is 0 Å². The van der Waals surface area contributed by atoms with E-state index in [1.165, 1.54) is 63.9 Å². The molecule has 1 aliphatic heterocycles. The number of thioether (sulfide) groups is 1. The van der Waals surface area contributed by atoms with Crippen LogP contribution in [0.25, 0.3) is 0 Å². The molecular weight excluding hydrogens is 240 g/mol. The van der Waals surface area contributed by atoms with Gasteiger partial charge >= 0.3 is 0 Å². The smallest absolute Gasteiger partial charge is 0.0231 e. The Morgan fingerprint density at radius 2 is 1.89 bits per heavy atom. The normalized spacial score (nSPS) is 28.2. The zero-order valence-corrected chi connectivity index (χ0v) is 13.2. The highest BCUT2D eigenvalue weighted by atomic mass is 32.2. The van der Waals surface area contributed by atoms with E-state index in [9.17, 15) is 0 Å². The number of hydrogen-bond acceptors (Lipinski definition) is 3. The lowest BCUT2D eigenvalue weighted by Gasteiger charge is -2.42. The van der Waals surface area contributed by atoms with Gasteiger partial charge in [0, 0.05) is 29.1 Å². The van der Waals surface area contributed by atoms with Gasteiger partial charge in [0.2, 0.25) is 0 Å². The zero-order valence-electron chi connectivity index (χ0n) is 12.4. The van der Waals surface area contributed by atoms with E-state index in [0.717, 1.165) is 0 Å². The van der Waals surface area contributed by atoms with Crippen molar-refractivity contribution in [2.24, 2.45) is 0 Å². The lowest BCUT2D eigenvalue weighted by atomic mass is 9.79. The highest BCUT2D eigenvalue weighted by molar-refractivity contribution is 8.00. The standard InChI is InChI=1S/C15H30N2S/c1-14(2)13-17(11-12-18-14)10-9-15(16-3)7-5-4-6-8-15/h16H,4-13H2,1-3H3. The van der Waals surface area contributed by atoms with E-state index in [4.69, 9.17) is 0 Å². The second-order valence-electron chi connectivity index (χ2n) is 6.73. The van der Waals surface area contributed by atoms with Gasteiger partial charge in [-0.25, -0.2) is 0 Å². The summed E-state index contributed by atoms with van der Waals surface area (Å²) in [6.45, 7) is 8.60. The minimum Gasteiger partial charge on any atom is -0.314 e. The lowest BCUT2D eigenvalue weighted by molar-refractivity contribution is 0.178. The fourth-order valence-electron chi connectivity index (χ4n) is 3.53. The van der Waals surface area contributed by atoms with Crippen molar-refractivity contribution in [3.63, 3.8) is 0 Å². The molecule has 3 heteroatoms. The largest absolute Gasteiger partial charge is 0.314 e. The second kappa shape index (κ2) is 6.15. The Hall–Kier alpha value is 0.270. The quantitative estimate of drug-likeness (QED) is 0.845. The van der Waals surface area contributed by atoms with Gasteiger partial charge in [0.1, 0.15) is 0 Å². The summed E-state index contributed by atoms with van der Waals surface area (Å²) < 4.78 is 0.456. The summed E-state index contributed by atoms with van der Waals surface area (Å²) in [5, 5.41) is 3.65. The molecular formula is C15H30N2S. The molecule has 2 fully saturated rings. The molecule has 0 aromatic rings. The summed E-state index contributed by atoms with van der Waals surface area (Å²) in [6.07, 6.45) is 8.39. The van der Waals surface area contributed by atoms with Crippen LogP contribution in [0.15, 0.2) is 0 Å². The maximum atomic E-state index is 3.65. The van der Waals surface area contributed by atoms with Gasteiger partial charge in [-0.05, 0) is 46.7 Å². The Labute approximate surface area is 117 Å². The molecule has 1 heterocycles. The van der Waals surface area contributed by atoms with Crippen molar-refractivity contribution >= 4 is 11.8 Å². The van der Waals surface area contributed by atoms with E-state index in [-0.39, 0.29) is 0 Å². The summed E-state index contributed by atoms with van der Waals surface area (Å²) in [5.41, 5.74) is 0.451. The van der Waals surface area contributed by atoms with Gasteiger partial charge in [0.25, 0.3) is 0 Å². The molecule has 0 radical (unpaired) electrons. The van der Waals surface area contributed by atoms with E-state index in [0.29, 0.717) is 10.3 Å². The molecule has 18 heavy (non-hydrogen) atoms. The van der Waals surface area contributed by atoms with Gasteiger partial charge in [0.15, 0.2) is 0 Å². The SMILES string of the molecule is CNC1(CCN2CCSC(C)(C)C2)CCCCC1. The number of nitrogens with one attached hydrogen (secondary N) is 1. The predicted molar refractivity (Wildman–Crippen MR) is 82.5 cm³/mol. The average Bonchev–Trinajstić information content (AvgIpc) is 2.36. The van der Waals surface area contributed by atoms with Crippen LogP contribution in [0.4, 0.5) is 0 Å². The van der Waals surface area contributed by atoms with Crippen LogP contribution in [0.3, 0.4) is 0 Å². The summed E-state index contributed by atoms with van der Waals surface area (Å²) >= 11 is 2.13. The van der Waals surface area contributed by atoms with E-state index in [1.54, 1.807) is 0 Å². The zero-order chi connectivity index (χ0) is 13.1. The third kappa shape index (κ3) is 3.88. The molecule has 1 saturated carbocycles. The van der Waals surface area contributed by atoms with Gasteiger partial charge < -0.3 is 10.2 Å². The Morgan fingerprint density at radius 1 is 1.17 bits per heavy atom. The van der Waals surface area contributed by atoms with Crippen LogP contribution in [0, 0.1) is 0 Å². The van der Waals surface area contributed by atoms with Crippen LogP contribution in [0.1, 0.15) is 52.4 Å². The van der Waals surface area contributed by atoms with E-state index < -0.39 is 0 Å². The first-order chi connectivity index (χ1) is 8.55. The molecule has 0 atom stereocenters. The summed E-state index contributed by atoms with van der Waals surface area (Å²) in [4.78, 5) is 2.68. The van der Waals surface area contributed by atoms with Crippen LogP contribution >= 0.6 is 11.8 Å². The minimum atomic E-state index is 0.451. The Balaban J connectivity index is 1.82. The molecule has 2 aliphatic rings. The maximum Gasteiger partial charge on any atom is 0.0231 e. The molecule has 1 saturated heterocycles. The molecule has 2 nitrogen and oxygen atoms in total. The fourth-order valence-corrected chi connectivity index (χ4v) is 4.71. The molecule has 0 aromatic heterocycles. The second-order valence-corrected chi connectivity index (χ2v) is 8.53.